The van der Waals surface area contributed by atoms with E-state index in [9.17, 15) is 9.59 Å². The molecule has 1 N–H and O–H groups in total. The molecule has 2 unspecified atom stereocenters. The minimum Gasteiger partial charge on any atom is -0.304 e. The predicted octanol–water partition coefficient (Wildman–Crippen LogP) is 5.37. The third-order valence-electron chi connectivity index (χ3n) is 7.71. The van der Waals surface area contributed by atoms with Crippen molar-refractivity contribution < 1.29 is 13.7 Å². The van der Waals surface area contributed by atoms with Crippen molar-refractivity contribution in [2.75, 3.05) is 20.1 Å². The van der Waals surface area contributed by atoms with E-state index in [1.54, 1.807) is 0 Å². The maximum Gasteiger partial charge on any atom is 0.157 e. The molecular formula is C29H38N2O2. The maximum absolute atomic E-state index is 12.7. The summed E-state index contributed by atoms with van der Waals surface area (Å²) in [5.74, 6) is 0.429. The zero-order valence-corrected chi connectivity index (χ0v) is 19.5. The van der Waals surface area contributed by atoms with Gasteiger partial charge in [-0.05, 0) is 69.7 Å². The molecule has 2 atom stereocenters. The zero-order valence-electron chi connectivity index (χ0n) is 22.5. The molecule has 4 heteroatoms. The van der Waals surface area contributed by atoms with Crippen LogP contribution in [0.5, 0.6) is 0 Å². The Morgan fingerprint density at radius 2 is 1.30 bits per heavy atom. The number of hydrogen-bond donors (Lipinski definition) is 1. The van der Waals surface area contributed by atoms with Gasteiger partial charge in [-0.2, -0.15) is 0 Å². The van der Waals surface area contributed by atoms with Crippen LogP contribution in [0.3, 0.4) is 0 Å². The van der Waals surface area contributed by atoms with Crippen LogP contribution in [0.2, 0.25) is 0 Å². The first kappa shape index (κ1) is 20.1. The molecule has 1 heterocycles. The molecule has 5 rings (SSSR count). The minimum atomic E-state index is -2.32. The van der Waals surface area contributed by atoms with Gasteiger partial charge in [0.15, 0.2) is 11.6 Å². The molecular weight excluding hydrogens is 408 g/mol. The quantitative estimate of drug-likeness (QED) is 0.682. The molecule has 0 aromatic heterocycles. The Morgan fingerprint density at radius 3 is 1.88 bits per heavy atom. The Morgan fingerprint density at radius 1 is 0.727 bits per heavy atom. The van der Waals surface area contributed by atoms with Gasteiger partial charge in [0, 0.05) is 17.0 Å². The molecule has 0 bridgehead atoms. The summed E-state index contributed by atoms with van der Waals surface area (Å²) in [5.41, 5.74) is 0.642. The summed E-state index contributed by atoms with van der Waals surface area (Å²) in [7, 11) is 0. The number of Topliss-reactive ketones (excluding diaryl/α,β-unsaturated/α-hetero) is 2. The van der Waals surface area contributed by atoms with E-state index in [1.165, 1.54) is 24.8 Å². The monoisotopic (exact) mass is 449 g/mol. The topological polar surface area (TPSA) is 49.4 Å². The Balaban J connectivity index is 0.000000169. The molecule has 1 saturated heterocycles. The van der Waals surface area contributed by atoms with Crippen LogP contribution >= 0.6 is 0 Å². The molecule has 3 aliphatic rings. The van der Waals surface area contributed by atoms with Crippen molar-refractivity contribution in [3.8, 4) is 0 Å². The normalized spacial score (nSPS) is 30.0. The van der Waals surface area contributed by atoms with Crippen LogP contribution in [-0.2, 0) is 20.7 Å². The van der Waals surface area contributed by atoms with E-state index in [2.05, 4.69) is 34.5 Å². The molecule has 2 aromatic carbocycles. The number of ketones is 2. The van der Waals surface area contributed by atoms with Crippen LogP contribution in [0, 0.1) is 0 Å². The maximum atomic E-state index is 12.7. The van der Waals surface area contributed by atoms with Crippen LogP contribution in [0.1, 0.15) is 79.4 Å². The third kappa shape index (κ3) is 4.69. The fourth-order valence-electron chi connectivity index (χ4n) is 5.91. The van der Waals surface area contributed by atoms with Crippen molar-refractivity contribution in [2.24, 2.45) is 0 Å². The van der Waals surface area contributed by atoms with Gasteiger partial charge in [0.25, 0.3) is 0 Å². The van der Waals surface area contributed by atoms with Crippen molar-refractivity contribution in [2.45, 2.75) is 75.3 Å². The number of benzene rings is 2. The van der Waals surface area contributed by atoms with Crippen molar-refractivity contribution in [3.05, 3.63) is 71.8 Å². The van der Waals surface area contributed by atoms with Gasteiger partial charge >= 0.3 is 0 Å². The van der Waals surface area contributed by atoms with Gasteiger partial charge in [0.05, 0.1) is 0 Å². The number of nitrogens with zero attached hydrogens (tertiary/aromatic N) is 1. The van der Waals surface area contributed by atoms with Crippen LogP contribution in [0.4, 0.5) is 0 Å². The fourth-order valence-corrected chi connectivity index (χ4v) is 5.91. The molecule has 0 amide bonds. The van der Waals surface area contributed by atoms with Gasteiger partial charge in [-0.1, -0.05) is 73.5 Å². The SMILES string of the molecule is O=C1CCCCC1(c1ccccc1)N1CCCC1.[2H]C([2H])([2H])NC1(c2ccccc2)CCCCC1=O. The van der Waals surface area contributed by atoms with Crippen LogP contribution in [-0.4, -0.2) is 36.5 Å². The smallest absolute Gasteiger partial charge is 0.157 e. The number of carbonyl (C=O) groups excluding carboxylic acids is 2. The van der Waals surface area contributed by atoms with Crippen LogP contribution in [0.25, 0.3) is 0 Å². The van der Waals surface area contributed by atoms with Gasteiger partial charge in [-0.3, -0.25) is 14.5 Å². The van der Waals surface area contributed by atoms with E-state index in [0.29, 0.717) is 18.6 Å². The highest BCUT2D eigenvalue weighted by atomic mass is 16.1. The Labute approximate surface area is 203 Å². The number of hydrogen-bond acceptors (Lipinski definition) is 4. The number of nitrogens with one attached hydrogen (secondary N) is 1. The van der Waals surface area contributed by atoms with Crippen LogP contribution < -0.4 is 5.32 Å². The first-order chi connectivity index (χ1) is 17.3. The molecule has 176 valence electrons. The Hall–Kier alpha value is -2.30. The lowest BCUT2D eigenvalue weighted by Gasteiger charge is -2.43. The lowest BCUT2D eigenvalue weighted by Crippen LogP contribution is -2.52. The highest BCUT2D eigenvalue weighted by Crippen LogP contribution is 2.41. The predicted molar refractivity (Wildman–Crippen MR) is 133 cm³/mol. The summed E-state index contributed by atoms with van der Waals surface area (Å²) < 4.78 is 22.2. The second kappa shape index (κ2) is 10.8. The Bertz CT molecular complexity index is 1020. The summed E-state index contributed by atoms with van der Waals surface area (Å²) in [5, 5.41) is 2.59. The fraction of sp³-hybridized carbons (Fsp3) is 0.517. The first-order valence-electron chi connectivity index (χ1n) is 14.0. The molecule has 0 spiro atoms. The zero-order chi connectivity index (χ0) is 25.7. The van der Waals surface area contributed by atoms with E-state index in [1.807, 2.05) is 36.4 Å². The standard InChI is InChI=1S/C16H21NO.C13H17NO/c18-15-10-4-5-11-16(15,17-12-6-7-13-17)14-8-2-1-3-9-14;1-14-13(10-6-5-9-12(13)15)11-7-3-2-4-8-11/h1-3,8-9H,4-7,10-13H2;2-4,7-8,14H,5-6,9-10H2,1H3/i;1D3. The van der Waals surface area contributed by atoms with E-state index in [0.717, 1.165) is 50.8 Å². The molecule has 2 aromatic rings. The van der Waals surface area contributed by atoms with Gasteiger partial charge in [0.2, 0.25) is 0 Å². The lowest BCUT2D eigenvalue weighted by atomic mass is 9.74. The summed E-state index contributed by atoms with van der Waals surface area (Å²) in [4.78, 5) is 27.4. The molecule has 3 fully saturated rings. The van der Waals surface area contributed by atoms with E-state index in [4.69, 9.17) is 4.11 Å². The molecule has 0 radical (unpaired) electrons. The minimum absolute atomic E-state index is 0.0175. The molecule has 33 heavy (non-hydrogen) atoms. The van der Waals surface area contributed by atoms with Gasteiger partial charge in [0.1, 0.15) is 11.1 Å². The number of carbonyl (C=O) groups is 2. The summed E-state index contributed by atoms with van der Waals surface area (Å²) in [6, 6.07) is 19.6. The third-order valence-corrected chi connectivity index (χ3v) is 7.71. The lowest BCUT2D eigenvalue weighted by molar-refractivity contribution is -0.134. The molecule has 2 saturated carbocycles. The Kier molecular flexibility index (Phi) is 6.55. The van der Waals surface area contributed by atoms with Crippen molar-refractivity contribution in [3.63, 3.8) is 0 Å². The largest absolute Gasteiger partial charge is 0.304 e. The van der Waals surface area contributed by atoms with Gasteiger partial charge in [-0.15, -0.1) is 0 Å². The van der Waals surface area contributed by atoms with Crippen molar-refractivity contribution in [1.29, 1.82) is 0 Å². The summed E-state index contributed by atoms with van der Waals surface area (Å²) in [6.07, 6.45) is 9.19. The van der Waals surface area contributed by atoms with E-state index >= 15 is 0 Å². The van der Waals surface area contributed by atoms with E-state index < -0.39 is 12.5 Å². The second-order valence-corrected chi connectivity index (χ2v) is 9.58. The highest BCUT2D eigenvalue weighted by molar-refractivity contribution is 5.91. The first-order valence-corrected chi connectivity index (χ1v) is 12.5. The second-order valence-electron chi connectivity index (χ2n) is 9.58. The molecule has 4 nitrogen and oxygen atoms in total. The number of rotatable bonds is 4. The van der Waals surface area contributed by atoms with Crippen molar-refractivity contribution >= 4 is 11.6 Å². The van der Waals surface area contributed by atoms with Gasteiger partial charge in [-0.25, -0.2) is 0 Å². The number of likely N-dealkylation sites (tertiary alicyclic amines) is 1. The number of likely N-dealkylation sites (N-methyl/N-ethyl adjacent to an activating group) is 1. The average molecular weight is 450 g/mol. The van der Waals surface area contributed by atoms with Crippen molar-refractivity contribution in [1.82, 2.24) is 10.2 Å². The highest BCUT2D eigenvalue weighted by Gasteiger charge is 2.46. The molecule has 2 aliphatic carbocycles. The molecule has 1 aliphatic heterocycles. The summed E-state index contributed by atoms with van der Waals surface area (Å²) in [6.45, 7) is -0.149. The summed E-state index contributed by atoms with van der Waals surface area (Å²) >= 11 is 0. The van der Waals surface area contributed by atoms with Gasteiger partial charge < -0.3 is 5.32 Å². The van der Waals surface area contributed by atoms with E-state index in [-0.39, 0.29) is 11.3 Å². The average Bonchev–Trinajstić information content (AvgIpc) is 3.42. The van der Waals surface area contributed by atoms with Crippen LogP contribution in [0.15, 0.2) is 60.7 Å².